The van der Waals surface area contributed by atoms with Gasteiger partial charge >= 0.3 is 0 Å². The van der Waals surface area contributed by atoms with Crippen LogP contribution in [0.5, 0.6) is 0 Å². The molecule has 3 rings (SSSR count). The predicted molar refractivity (Wildman–Crippen MR) is 69.2 cm³/mol. The van der Waals surface area contributed by atoms with E-state index >= 15 is 0 Å². The minimum absolute atomic E-state index is 0.799. The molecule has 0 spiro atoms. The van der Waals surface area contributed by atoms with Crippen molar-refractivity contribution in [3.8, 4) is 11.1 Å². The van der Waals surface area contributed by atoms with E-state index < -0.39 is 0 Å². The van der Waals surface area contributed by atoms with Crippen LogP contribution in [-0.2, 0) is 6.42 Å². The zero-order valence-electron chi connectivity index (χ0n) is 10.1. The molecule has 18 heavy (non-hydrogen) atoms. The summed E-state index contributed by atoms with van der Waals surface area (Å²) in [5.41, 5.74) is 5.01. The fraction of sp³-hybridized carbons (Fsp3) is 0.231. The first kappa shape index (κ1) is 11.0. The average Bonchev–Trinajstić information content (AvgIpc) is 3.03. The fourth-order valence-corrected chi connectivity index (χ4v) is 2.02. The topological polar surface area (TPSA) is 66.7 Å². The first-order chi connectivity index (χ1) is 8.88. The van der Waals surface area contributed by atoms with Crippen molar-refractivity contribution < 1.29 is 4.42 Å². The SMILES string of the molecule is CNCCc1[nH]ncc1-c1ccc2ncoc2c1. The minimum Gasteiger partial charge on any atom is -0.443 e. The Balaban J connectivity index is 2.00. The van der Waals surface area contributed by atoms with Crippen molar-refractivity contribution in [2.75, 3.05) is 13.6 Å². The molecule has 3 aromatic rings. The van der Waals surface area contributed by atoms with Crippen molar-refractivity contribution in [1.82, 2.24) is 20.5 Å². The van der Waals surface area contributed by atoms with Crippen molar-refractivity contribution in [1.29, 1.82) is 0 Å². The van der Waals surface area contributed by atoms with Crippen molar-refractivity contribution in [3.63, 3.8) is 0 Å². The number of likely N-dealkylation sites (N-methyl/N-ethyl adjacent to an activating group) is 1. The molecular weight excluding hydrogens is 228 g/mol. The molecule has 1 aromatic carbocycles. The highest BCUT2D eigenvalue weighted by molar-refractivity contribution is 5.80. The summed E-state index contributed by atoms with van der Waals surface area (Å²) >= 11 is 0. The van der Waals surface area contributed by atoms with Gasteiger partial charge in [-0.2, -0.15) is 5.10 Å². The van der Waals surface area contributed by atoms with Gasteiger partial charge in [0.05, 0.1) is 6.20 Å². The van der Waals surface area contributed by atoms with Gasteiger partial charge in [0.25, 0.3) is 0 Å². The first-order valence-corrected chi connectivity index (χ1v) is 5.89. The molecule has 0 amide bonds. The monoisotopic (exact) mass is 242 g/mol. The second kappa shape index (κ2) is 4.62. The Morgan fingerprint density at radius 3 is 3.22 bits per heavy atom. The number of oxazole rings is 1. The third-order valence-corrected chi connectivity index (χ3v) is 2.99. The normalized spacial score (nSPS) is 11.2. The van der Waals surface area contributed by atoms with Gasteiger partial charge in [0.1, 0.15) is 5.52 Å². The molecule has 2 N–H and O–H groups in total. The number of fused-ring (bicyclic) bond motifs is 1. The summed E-state index contributed by atoms with van der Waals surface area (Å²) in [4.78, 5) is 4.11. The number of aromatic amines is 1. The highest BCUT2D eigenvalue weighted by atomic mass is 16.3. The van der Waals surface area contributed by atoms with Crippen molar-refractivity contribution in [2.24, 2.45) is 0 Å². The quantitative estimate of drug-likeness (QED) is 0.734. The lowest BCUT2D eigenvalue weighted by molar-refractivity contribution is 0.602. The van der Waals surface area contributed by atoms with Crippen molar-refractivity contribution >= 4 is 11.1 Å². The molecule has 0 atom stereocenters. The summed E-state index contributed by atoms with van der Waals surface area (Å²) in [6.07, 6.45) is 4.23. The summed E-state index contributed by atoms with van der Waals surface area (Å²) in [5.74, 6) is 0. The molecule has 2 aromatic heterocycles. The maximum absolute atomic E-state index is 5.32. The van der Waals surface area contributed by atoms with E-state index in [0.29, 0.717) is 0 Å². The van der Waals surface area contributed by atoms with E-state index in [-0.39, 0.29) is 0 Å². The van der Waals surface area contributed by atoms with Crippen LogP contribution < -0.4 is 5.32 Å². The van der Waals surface area contributed by atoms with Crippen LogP contribution >= 0.6 is 0 Å². The highest BCUT2D eigenvalue weighted by Crippen LogP contribution is 2.25. The fourth-order valence-electron chi connectivity index (χ4n) is 2.02. The third kappa shape index (κ3) is 1.89. The zero-order valence-corrected chi connectivity index (χ0v) is 10.1. The Hall–Kier alpha value is -2.14. The van der Waals surface area contributed by atoms with Crippen LogP contribution in [0.4, 0.5) is 0 Å². The van der Waals surface area contributed by atoms with Crippen LogP contribution in [0.3, 0.4) is 0 Å². The maximum atomic E-state index is 5.32. The molecule has 0 aliphatic heterocycles. The lowest BCUT2D eigenvalue weighted by Crippen LogP contribution is -2.11. The number of aromatic nitrogens is 3. The molecule has 0 fully saturated rings. The van der Waals surface area contributed by atoms with E-state index in [0.717, 1.165) is 40.9 Å². The Kier molecular flexibility index (Phi) is 2.82. The molecular formula is C13H14N4O. The largest absolute Gasteiger partial charge is 0.443 e. The molecule has 0 bridgehead atoms. The lowest BCUT2D eigenvalue weighted by Gasteiger charge is -2.02. The summed E-state index contributed by atoms with van der Waals surface area (Å²) in [7, 11) is 1.94. The molecule has 5 nitrogen and oxygen atoms in total. The van der Waals surface area contributed by atoms with Gasteiger partial charge in [-0.3, -0.25) is 5.10 Å². The number of hydrogen-bond acceptors (Lipinski definition) is 4. The van der Waals surface area contributed by atoms with Crippen LogP contribution in [0.25, 0.3) is 22.2 Å². The Morgan fingerprint density at radius 1 is 1.39 bits per heavy atom. The summed E-state index contributed by atoms with van der Waals surface area (Å²) in [5, 5.41) is 10.3. The zero-order chi connectivity index (χ0) is 12.4. The highest BCUT2D eigenvalue weighted by Gasteiger charge is 2.09. The van der Waals surface area contributed by atoms with Gasteiger partial charge in [0, 0.05) is 24.2 Å². The van der Waals surface area contributed by atoms with E-state index in [9.17, 15) is 0 Å². The van der Waals surface area contributed by atoms with Crippen molar-refractivity contribution in [3.05, 3.63) is 36.5 Å². The first-order valence-electron chi connectivity index (χ1n) is 5.89. The molecule has 0 saturated carbocycles. The molecule has 0 radical (unpaired) electrons. The number of nitrogens with one attached hydrogen (secondary N) is 2. The predicted octanol–water partition coefficient (Wildman–Crippen LogP) is 1.98. The molecule has 5 heteroatoms. The minimum atomic E-state index is 0.799. The van der Waals surface area contributed by atoms with Crippen LogP contribution in [0.15, 0.2) is 35.2 Å². The van der Waals surface area contributed by atoms with Crippen LogP contribution in [-0.4, -0.2) is 28.8 Å². The van der Waals surface area contributed by atoms with Gasteiger partial charge < -0.3 is 9.73 Å². The van der Waals surface area contributed by atoms with E-state index in [1.165, 1.54) is 6.39 Å². The average molecular weight is 242 g/mol. The van der Waals surface area contributed by atoms with Gasteiger partial charge in [-0.1, -0.05) is 6.07 Å². The Morgan fingerprint density at radius 2 is 2.33 bits per heavy atom. The van der Waals surface area contributed by atoms with Crippen LogP contribution in [0.2, 0.25) is 0 Å². The number of hydrogen-bond donors (Lipinski definition) is 2. The Bertz CT molecular complexity index is 656. The third-order valence-electron chi connectivity index (χ3n) is 2.99. The molecule has 0 aliphatic carbocycles. The maximum Gasteiger partial charge on any atom is 0.181 e. The number of H-pyrrole nitrogens is 1. The van der Waals surface area contributed by atoms with Crippen molar-refractivity contribution in [2.45, 2.75) is 6.42 Å². The van der Waals surface area contributed by atoms with E-state index in [4.69, 9.17) is 4.42 Å². The lowest BCUT2D eigenvalue weighted by atomic mass is 10.0. The molecule has 0 aliphatic rings. The summed E-state index contributed by atoms with van der Waals surface area (Å²) in [6.45, 7) is 0.916. The van der Waals surface area contributed by atoms with Gasteiger partial charge in [-0.05, 0) is 24.7 Å². The van der Waals surface area contributed by atoms with Gasteiger partial charge in [0.2, 0.25) is 0 Å². The van der Waals surface area contributed by atoms with Crippen LogP contribution in [0, 0.1) is 0 Å². The van der Waals surface area contributed by atoms with E-state index in [1.54, 1.807) is 0 Å². The summed E-state index contributed by atoms with van der Waals surface area (Å²) < 4.78 is 5.32. The molecule has 0 saturated heterocycles. The molecule has 0 unspecified atom stereocenters. The standard InChI is InChI=1S/C13H14N4O/c1-14-5-4-11-10(7-16-17-11)9-2-3-12-13(6-9)18-8-15-12/h2-3,6-8,14H,4-5H2,1H3,(H,16,17). The second-order valence-electron chi connectivity index (χ2n) is 4.15. The van der Waals surface area contributed by atoms with Crippen LogP contribution in [0.1, 0.15) is 5.69 Å². The number of benzene rings is 1. The van der Waals surface area contributed by atoms with Gasteiger partial charge in [-0.15, -0.1) is 0 Å². The molecule has 92 valence electrons. The van der Waals surface area contributed by atoms with E-state index in [1.807, 2.05) is 31.4 Å². The molecule has 2 heterocycles. The second-order valence-corrected chi connectivity index (χ2v) is 4.15. The Labute approximate surface area is 104 Å². The summed E-state index contributed by atoms with van der Waals surface area (Å²) in [6, 6.07) is 6.00. The smallest absolute Gasteiger partial charge is 0.181 e. The number of nitrogens with zero attached hydrogens (tertiary/aromatic N) is 2. The van der Waals surface area contributed by atoms with E-state index in [2.05, 4.69) is 20.5 Å². The number of rotatable bonds is 4. The van der Waals surface area contributed by atoms with Gasteiger partial charge in [0.15, 0.2) is 12.0 Å². The van der Waals surface area contributed by atoms with Gasteiger partial charge in [-0.25, -0.2) is 4.98 Å².